The van der Waals surface area contributed by atoms with Crippen molar-refractivity contribution in [1.29, 1.82) is 0 Å². The summed E-state index contributed by atoms with van der Waals surface area (Å²) in [6, 6.07) is 10.2. The second-order valence-electron chi connectivity index (χ2n) is 4.64. The highest BCUT2D eigenvalue weighted by Gasteiger charge is 2.11. The van der Waals surface area contributed by atoms with Crippen molar-refractivity contribution < 1.29 is 0 Å². The van der Waals surface area contributed by atoms with Gasteiger partial charge in [0.1, 0.15) is 5.15 Å². The topological polar surface area (TPSA) is 12.9 Å². The summed E-state index contributed by atoms with van der Waals surface area (Å²) in [5, 5.41) is 1.17. The van der Waals surface area contributed by atoms with E-state index in [2.05, 4.69) is 23.2 Å². The van der Waals surface area contributed by atoms with E-state index in [-0.39, 0.29) is 0 Å². The van der Waals surface area contributed by atoms with Gasteiger partial charge in [-0.3, -0.25) is 0 Å². The molecule has 0 amide bonds. The molecule has 0 N–H and O–H groups in total. The third-order valence-electron chi connectivity index (χ3n) is 3.33. The molecule has 19 heavy (non-hydrogen) atoms. The summed E-state index contributed by atoms with van der Waals surface area (Å²) in [5.41, 5.74) is 3.85. The van der Waals surface area contributed by atoms with Crippen LogP contribution in [0.3, 0.4) is 0 Å². The quantitative estimate of drug-likeness (QED) is 0.573. The van der Waals surface area contributed by atoms with Crippen molar-refractivity contribution >= 4 is 35.0 Å². The third-order valence-corrected chi connectivity index (χ3v) is 4.89. The predicted molar refractivity (Wildman–Crippen MR) is 82.3 cm³/mol. The Morgan fingerprint density at radius 3 is 2.79 bits per heavy atom. The van der Waals surface area contributed by atoms with Crippen LogP contribution in [0.25, 0.3) is 0 Å². The number of aryl methyl sites for hydroxylation is 2. The van der Waals surface area contributed by atoms with E-state index in [0.29, 0.717) is 10.2 Å². The van der Waals surface area contributed by atoms with E-state index in [0.717, 1.165) is 11.4 Å². The predicted octanol–water partition coefficient (Wildman–Crippen LogP) is 5.17. The van der Waals surface area contributed by atoms with Gasteiger partial charge in [0.05, 0.1) is 10.7 Å². The number of thioether (sulfide) groups is 1. The van der Waals surface area contributed by atoms with E-state index in [9.17, 15) is 0 Å². The summed E-state index contributed by atoms with van der Waals surface area (Å²) < 4.78 is 0. The summed E-state index contributed by atoms with van der Waals surface area (Å²) >= 11 is 13.8. The maximum atomic E-state index is 6.12. The van der Waals surface area contributed by atoms with Gasteiger partial charge in [-0.15, -0.1) is 11.8 Å². The first-order chi connectivity index (χ1) is 9.22. The van der Waals surface area contributed by atoms with Crippen molar-refractivity contribution in [3.05, 3.63) is 57.3 Å². The van der Waals surface area contributed by atoms with E-state index in [1.807, 2.05) is 0 Å². The van der Waals surface area contributed by atoms with E-state index >= 15 is 0 Å². The van der Waals surface area contributed by atoms with Gasteiger partial charge in [-0.2, -0.15) is 0 Å². The standard InChI is InChI=1S/C15H13Cl2NS/c16-13-6-7-15(17)18-14(13)9-19-12-5-4-10-2-1-3-11(10)8-12/h4-8H,1-3,9H2. The van der Waals surface area contributed by atoms with Gasteiger partial charge in [-0.25, -0.2) is 4.98 Å². The number of benzene rings is 1. The normalized spacial score (nSPS) is 13.6. The number of hydrogen-bond donors (Lipinski definition) is 0. The summed E-state index contributed by atoms with van der Waals surface area (Å²) in [4.78, 5) is 5.55. The van der Waals surface area contributed by atoms with Gasteiger partial charge in [0.15, 0.2) is 0 Å². The Morgan fingerprint density at radius 2 is 1.89 bits per heavy atom. The molecular weight excluding hydrogens is 297 g/mol. The minimum atomic E-state index is 0.494. The lowest BCUT2D eigenvalue weighted by Gasteiger charge is -2.06. The van der Waals surface area contributed by atoms with Gasteiger partial charge >= 0.3 is 0 Å². The molecule has 98 valence electrons. The van der Waals surface area contributed by atoms with Crippen LogP contribution in [0.1, 0.15) is 23.2 Å². The highest BCUT2D eigenvalue weighted by atomic mass is 35.5. The van der Waals surface area contributed by atoms with E-state index in [4.69, 9.17) is 23.2 Å². The number of aromatic nitrogens is 1. The van der Waals surface area contributed by atoms with E-state index in [1.165, 1.54) is 35.3 Å². The van der Waals surface area contributed by atoms with Crippen LogP contribution < -0.4 is 0 Å². The molecule has 4 heteroatoms. The molecule has 0 saturated carbocycles. The fourth-order valence-electron chi connectivity index (χ4n) is 2.35. The Morgan fingerprint density at radius 1 is 1.05 bits per heavy atom. The molecule has 0 fully saturated rings. The average molecular weight is 310 g/mol. The fourth-order valence-corrected chi connectivity index (χ4v) is 3.68. The minimum absolute atomic E-state index is 0.494. The van der Waals surface area contributed by atoms with Crippen molar-refractivity contribution in [2.24, 2.45) is 0 Å². The molecule has 1 aliphatic rings. The van der Waals surface area contributed by atoms with Crippen molar-refractivity contribution in [3.63, 3.8) is 0 Å². The molecule has 0 saturated heterocycles. The van der Waals surface area contributed by atoms with Crippen molar-refractivity contribution in [2.45, 2.75) is 29.9 Å². The zero-order chi connectivity index (χ0) is 13.2. The molecule has 0 atom stereocenters. The summed E-state index contributed by atoms with van der Waals surface area (Å²) in [5.74, 6) is 0.748. The van der Waals surface area contributed by atoms with Crippen LogP contribution in [0.5, 0.6) is 0 Å². The van der Waals surface area contributed by atoms with Gasteiger partial charge in [0.2, 0.25) is 0 Å². The molecule has 0 bridgehead atoms. The molecule has 0 spiro atoms. The van der Waals surface area contributed by atoms with Crippen molar-refractivity contribution in [3.8, 4) is 0 Å². The maximum absolute atomic E-state index is 6.12. The van der Waals surface area contributed by atoms with Gasteiger partial charge in [0.25, 0.3) is 0 Å². The van der Waals surface area contributed by atoms with Crippen molar-refractivity contribution in [2.75, 3.05) is 0 Å². The van der Waals surface area contributed by atoms with Gasteiger partial charge in [-0.05, 0) is 54.7 Å². The van der Waals surface area contributed by atoms with Crippen LogP contribution in [0.15, 0.2) is 35.2 Å². The molecule has 1 heterocycles. The van der Waals surface area contributed by atoms with Crippen LogP contribution in [-0.2, 0) is 18.6 Å². The number of hydrogen-bond acceptors (Lipinski definition) is 2. The SMILES string of the molecule is Clc1ccc(Cl)c(CSc2ccc3c(c2)CCC3)n1. The number of rotatable bonds is 3. The zero-order valence-electron chi connectivity index (χ0n) is 10.3. The largest absolute Gasteiger partial charge is 0.239 e. The Bertz CT molecular complexity index is 613. The number of halogens is 2. The van der Waals surface area contributed by atoms with Crippen LogP contribution >= 0.6 is 35.0 Å². The molecule has 3 rings (SSSR count). The second kappa shape index (κ2) is 5.74. The lowest BCUT2D eigenvalue weighted by molar-refractivity contribution is 0.911. The maximum Gasteiger partial charge on any atom is 0.129 e. The van der Waals surface area contributed by atoms with Gasteiger partial charge in [0, 0.05) is 10.6 Å². The monoisotopic (exact) mass is 309 g/mol. The van der Waals surface area contributed by atoms with E-state index < -0.39 is 0 Å². The number of nitrogens with zero attached hydrogens (tertiary/aromatic N) is 1. The minimum Gasteiger partial charge on any atom is -0.239 e. The van der Waals surface area contributed by atoms with Crippen LogP contribution in [0.4, 0.5) is 0 Å². The summed E-state index contributed by atoms with van der Waals surface area (Å²) in [6.45, 7) is 0. The fraction of sp³-hybridized carbons (Fsp3) is 0.267. The van der Waals surface area contributed by atoms with Crippen LogP contribution in [-0.4, -0.2) is 4.98 Å². The molecule has 1 aromatic heterocycles. The lowest BCUT2D eigenvalue weighted by Crippen LogP contribution is -1.89. The van der Waals surface area contributed by atoms with Crippen LogP contribution in [0, 0.1) is 0 Å². The number of pyridine rings is 1. The Hall–Kier alpha value is -0.700. The first-order valence-electron chi connectivity index (χ1n) is 6.28. The van der Waals surface area contributed by atoms with Gasteiger partial charge < -0.3 is 0 Å². The molecule has 0 aliphatic heterocycles. The highest BCUT2D eigenvalue weighted by molar-refractivity contribution is 7.98. The van der Waals surface area contributed by atoms with E-state index in [1.54, 1.807) is 23.9 Å². The smallest absolute Gasteiger partial charge is 0.129 e. The molecule has 1 aromatic carbocycles. The van der Waals surface area contributed by atoms with Crippen molar-refractivity contribution in [1.82, 2.24) is 4.98 Å². The molecular formula is C15H13Cl2NS. The molecule has 1 nitrogen and oxygen atoms in total. The summed E-state index contributed by atoms with van der Waals surface area (Å²) in [7, 11) is 0. The molecule has 0 unspecified atom stereocenters. The highest BCUT2D eigenvalue weighted by Crippen LogP contribution is 2.30. The summed E-state index contributed by atoms with van der Waals surface area (Å²) in [6.07, 6.45) is 3.72. The Labute approximate surface area is 127 Å². The Kier molecular flexibility index (Phi) is 4.01. The lowest BCUT2D eigenvalue weighted by atomic mass is 10.1. The first-order valence-corrected chi connectivity index (χ1v) is 8.02. The van der Waals surface area contributed by atoms with Gasteiger partial charge in [-0.1, -0.05) is 29.3 Å². The molecule has 0 radical (unpaired) electrons. The zero-order valence-corrected chi connectivity index (χ0v) is 12.7. The third kappa shape index (κ3) is 3.07. The molecule has 1 aliphatic carbocycles. The Balaban J connectivity index is 1.74. The first kappa shape index (κ1) is 13.3. The molecule has 2 aromatic rings. The number of fused-ring (bicyclic) bond motifs is 1. The van der Waals surface area contributed by atoms with Crippen LogP contribution in [0.2, 0.25) is 10.2 Å². The second-order valence-corrected chi connectivity index (χ2v) is 6.48. The average Bonchev–Trinajstić information content (AvgIpc) is 2.87.